The quantitative estimate of drug-likeness (QED) is 0.294. The van der Waals surface area contributed by atoms with Crippen molar-refractivity contribution in [3.05, 3.63) is 65.4 Å². The van der Waals surface area contributed by atoms with E-state index in [0.29, 0.717) is 42.5 Å². The van der Waals surface area contributed by atoms with Gasteiger partial charge in [0.05, 0.1) is 30.6 Å². The maximum Gasteiger partial charge on any atom is 0.254 e. The number of nitrogens with one attached hydrogen (secondary N) is 1. The van der Waals surface area contributed by atoms with Gasteiger partial charge in [0.15, 0.2) is 5.88 Å². The number of aromatic nitrogens is 4. The van der Waals surface area contributed by atoms with E-state index in [9.17, 15) is 9.59 Å². The number of nitrogens with two attached hydrogens (primary N) is 1. The summed E-state index contributed by atoms with van der Waals surface area (Å²) in [6.45, 7) is 4.15. The Morgan fingerprint density at radius 3 is 2.77 bits per heavy atom. The van der Waals surface area contributed by atoms with Gasteiger partial charge in [0.2, 0.25) is 5.91 Å². The number of fused-ring (bicyclic) bond motifs is 3. The molecule has 5 aromatic rings. The number of carbonyl (C=O) groups excluding carboxylic acids is 2. The average molecular weight is 590 g/mol. The molecule has 1 atom stereocenters. The third-order valence-electron chi connectivity index (χ3n) is 9.31. The van der Waals surface area contributed by atoms with E-state index in [1.165, 1.54) is 12.8 Å². The fourth-order valence-corrected chi connectivity index (χ4v) is 6.88. The summed E-state index contributed by atoms with van der Waals surface area (Å²) in [5, 5.41) is 3.99. The monoisotopic (exact) mass is 589 g/mol. The summed E-state index contributed by atoms with van der Waals surface area (Å²) in [6.07, 6.45) is 4.59. The van der Waals surface area contributed by atoms with Gasteiger partial charge in [0, 0.05) is 53.9 Å². The number of ether oxygens (including phenoxy) is 1. The van der Waals surface area contributed by atoms with Gasteiger partial charge in [-0.05, 0) is 74.4 Å². The molecule has 2 fully saturated rings. The topological polar surface area (TPSA) is 120 Å². The van der Waals surface area contributed by atoms with Crippen molar-refractivity contribution in [2.24, 2.45) is 11.7 Å². The van der Waals surface area contributed by atoms with Gasteiger partial charge in [-0.3, -0.25) is 14.0 Å². The highest BCUT2D eigenvalue weighted by Crippen LogP contribution is 2.39. The Morgan fingerprint density at radius 2 is 1.98 bits per heavy atom. The van der Waals surface area contributed by atoms with Crippen LogP contribution in [0.3, 0.4) is 0 Å². The summed E-state index contributed by atoms with van der Waals surface area (Å²) in [5.41, 5.74) is 14.7. The Kier molecular flexibility index (Phi) is 6.23. The van der Waals surface area contributed by atoms with E-state index in [2.05, 4.69) is 22.0 Å². The number of amides is 2. The molecule has 224 valence electrons. The van der Waals surface area contributed by atoms with E-state index in [4.69, 9.17) is 20.4 Å². The van der Waals surface area contributed by atoms with Crippen molar-refractivity contribution < 1.29 is 14.3 Å². The fraction of sp³-hybridized carbons (Fsp3) is 0.353. The smallest absolute Gasteiger partial charge is 0.254 e. The lowest BCUT2D eigenvalue weighted by molar-refractivity contribution is -0.115. The number of hydrogen-bond acceptors (Lipinski definition) is 6. The minimum Gasteiger partial charge on any atom is -0.482 e. The van der Waals surface area contributed by atoms with Gasteiger partial charge in [0.25, 0.3) is 5.91 Å². The van der Waals surface area contributed by atoms with Crippen LogP contribution in [0.5, 0.6) is 5.88 Å². The summed E-state index contributed by atoms with van der Waals surface area (Å²) in [7, 11) is 1.62. The second-order valence-corrected chi connectivity index (χ2v) is 12.4. The number of imidazole rings is 1. The SMILES string of the molecule is COc1cc(C(=O)N2CCC[C@@H](N)C2)cc2nc(-c3cc4ccc(-c5cccc6c5CC(=O)N6)nc4n3CC3CC3)c(C)n12. The summed E-state index contributed by atoms with van der Waals surface area (Å²) in [6, 6.07) is 15.9. The number of pyridine rings is 2. The maximum absolute atomic E-state index is 13.5. The molecule has 1 aliphatic carbocycles. The van der Waals surface area contributed by atoms with Crippen LogP contribution in [0.2, 0.25) is 0 Å². The lowest BCUT2D eigenvalue weighted by atomic mass is 10.0. The Morgan fingerprint density at radius 1 is 1.11 bits per heavy atom. The second kappa shape index (κ2) is 10.2. The van der Waals surface area contributed by atoms with E-state index in [0.717, 1.165) is 70.0 Å². The van der Waals surface area contributed by atoms with Crippen LogP contribution >= 0.6 is 0 Å². The molecule has 6 heterocycles. The normalized spacial score (nSPS) is 18.2. The molecular formula is C34H35N7O3. The van der Waals surface area contributed by atoms with Crippen LogP contribution in [0.15, 0.2) is 48.5 Å². The van der Waals surface area contributed by atoms with Crippen LogP contribution in [-0.2, 0) is 17.8 Å². The predicted octanol–water partition coefficient (Wildman–Crippen LogP) is 4.80. The highest BCUT2D eigenvalue weighted by atomic mass is 16.5. The summed E-state index contributed by atoms with van der Waals surface area (Å²) in [5.74, 6) is 1.13. The largest absolute Gasteiger partial charge is 0.482 e. The third-order valence-corrected chi connectivity index (χ3v) is 9.31. The molecule has 1 aromatic carbocycles. The van der Waals surface area contributed by atoms with Crippen LogP contribution in [-0.4, -0.2) is 61.9 Å². The molecule has 1 saturated carbocycles. The molecule has 0 unspecified atom stereocenters. The zero-order chi connectivity index (χ0) is 30.1. The first-order chi connectivity index (χ1) is 21.4. The number of likely N-dealkylation sites (tertiary alicyclic amines) is 1. The van der Waals surface area contributed by atoms with Gasteiger partial charge in [-0.1, -0.05) is 12.1 Å². The van der Waals surface area contributed by atoms with Crippen molar-refractivity contribution in [2.75, 3.05) is 25.5 Å². The van der Waals surface area contributed by atoms with Crippen LogP contribution < -0.4 is 15.8 Å². The van der Waals surface area contributed by atoms with Crippen LogP contribution in [0.25, 0.3) is 39.3 Å². The molecule has 3 aliphatic rings. The number of hydrogen-bond donors (Lipinski definition) is 2. The molecule has 2 amide bonds. The fourth-order valence-electron chi connectivity index (χ4n) is 6.88. The van der Waals surface area contributed by atoms with Gasteiger partial charge in [0.1, 0.15) is 17.0 Å². The Bertz CT molecular complexity index is 1990. The minimum atomic E-state index is -0.0490. The summed E-state index contributed by atoms with van der Waals surface area (Å²) in [4.78, 5) is 37.8. The summed E-state index contributed by atoms with van der Waals surface area (Å²) < 4.78 is 10.1. The molecule has 4 aromatic heterocycles. The number of piperidine rings is 1. The van der Waals surface area contributed by atoms with Crippen molar-refractivity contribution in [1.82, 2.24) is 23.8 Å². The molecule has 2 aliphatic heterocycles. The third kappa shape index (κ3) is 4.43. The van der Waals surface area contributed by atoms with Gasteiger partial charge >= 0.3 is 0 Å². The van der Waals surface area contributed by atoms with Crippen molar-refractivity contribution in [3.8, 4) is 28.5 Å². The first-order valence-corrected chi connectivity index (χ1v) is 15.4. The van der Waals surface area contributed by atoms with E-state index >= 15 is 0 Å². The number of rotatable bonds is 6. The molecule has 8 rings (SSSR count). The van der Waals surface area contributed by atoms with Crippen molar-refractivity contribution >= 4 is 34.2 Å². The van der Waals surface area contributed by atoms with E-state index in [1.807, 2.05) is 46.6 Å². The number of benzene rings is 1. The molecular weight excluding hydrogens is 554 g/mol. The minimum absolute atomic E-state index is 0.00285. The number of methoxy groups -OCH3 is 1. The van der Waals surface area contributed by atoms with Crippen molar-refractivity contribution in [3.63, 3.8) is 0 Å². The lowest BCUT2D eigenvalue weighted by Gasteiger charge is -2.30. The number of carbonyl (C=O) groups is 2. The first kappa shape index (κ1) is 26.9. The Balaban J connectivity index is 1.25. The van der Waals surface area contributed by atoms with Gasteiger partial charge in [-0.15, -0.1) is 0 Å². The Labute approximate surface area is 254 Å². The van der Waals surface area contributed by atoms with Crippen LogP contribution in [0.1, 0.15) is 47.3 Å². The molecule has 10 nitrogen and oxygen atoms in total. The zero-order valence-corrected chi connectivity index (χ0v) is 25.0. The number of aryl methyl sites for hydroxylation is 1. The predicted molar refractivity (Wildman–Crippen MR) is 169 cm³/mol. The van der Waals surface area contributed by atoms with Gasteiger partial charge in [-0.2, -0.15) is 0 Å². The van der Waals surface area contributed by atoms with E-state index in [-0.39, 0.29) is 17.9 Å². The maximum atomic E-state index is 13.5. The van der Waals surface area contributed by atoms with Crippen molar-refractivity contribution in [2.45, 2.75) is 51.6 Å². The number of anilines is 1. The molecule has 1 saturated heterocycles. The highest BCUT2D eigenvalue weighted by Gasteiger charge is 2.29. The van der Waals surface area contributed by atoms with Gasteiger partial charge < -0.3 is 25.3 Å². The highest BCUT2D eigenvalue weighted by molar-refractivity contribution is 6.02. The van der Waals surface area contributed by atoms with E-state index < -0.39 is 0 Å². The first-order valence-electron chi connectivity index (χ1n) is 15.4. The van der Waals surface area contributed by atoms with Gasteiger partial charge in [-0.25, -0.2) is 9.97 Å². The second-order valence-electron chi connectivity index (χ2n) is 12.4. The van der Waals surface area contributed by atoms with Crippen LogP contribution in [0.4, 0.5) is 5.69 Å². The van der Waals surface area contributed by atoms with Crippen LogP contribution in [0, 0.1) is 12.8 Å². The molecule has 0 spiro atoms. The Hall–Kier alpha value is -4.70. The molecule has 0 bridgehead atoms. The van der Waals surface area contributed by atoms with Crippen molar-refractivity contribution in [1.29, 1.82) is 0 Å². The number of nitrogens with zero attached hydrogens (tertiary/aromatic N) is 5. The molecule has 44 heavy (non-hydrogen) atoms. The standard InChI is InChI=1S/C34H35N7O3/c1-19-32(38-29-14-22(15-31(44-2)41(19)29)34(43)39-12-4-5-23(35)18-39)28-13-21-10-11-27(37-33(21)40(28)17-20-8-9-20)24-6-3-7-26-25(24)16-30(42)36-26/h3,6-7,10-11,13-15,20,23H,4-5,8-9,12,16-18,35H2,1-2H3,(H,36,42)/t23-/m1/s1. The molecule has 3 N–H and O–H groups in total. The lowest BCUT2D eigenvalue weighted by Crippen LogP contribution is -2.45. The summed E-state index contributed by atoms with van der Waals surface area (Å²) >= 11 is 0. The average Bonchev–Trinajstić information content (AvgIpc) is 3.53. The van der Waals surface area contributed by atoms with E-state index in [1.54, 1.807) is 13.2 Å². The zero-order valence-electron chi connectivity index (χ0n) is 25.0. The molecule has 10 heteroatoms. The molecule has 0 radical (unpaired) electrons.